The van der Waals surface area contributed by atoms with Crippen molar-refractivity contribution in [3.05, 3.63) is 21.9 Å². The van der Waals surface area contributed by atoms with E-state index in [1.165, 1.54) is 12.4 Å². The summed E-state index contributed by atoms with van der Waals surface area (Å²) >= 11 is 10.3. The molecule has 0 amide bonds. The molecule has 1 aromatic heterocycles. The molecule has 66 valence electrons. The number of nitrogens with one attached hydrogen (secondary N) is 1. The molecule has 0 aliphatic heterocycles. The third-order valence-electron chi connectivity index (χ3n) is 1.17. The van der Waals surface area contributed by atoms with Gasteiger partial charge in [-0.25, -0.2) is 13.6 Å². The number of hydrogen-bond donors (Lipinski definition) is 2. The molecule has 0 aromatic carbocycles. The van der Waals surface area contributed by atoms with Crippen LogP contribution >= 0.6 is 23.8 Å². The first kappa shape index (κ1) is 9.66. The highest BCUT2D eigenvalue weighted by Gasteiger charge is 2.10. The summed E-state index contributed by atoms with van der Waals surface area (Å²) in [5.41, 5.74) is 0. The van der Waals surface area contributed by atoms with E-state index >= 15 is 0 Å². The van der Waals surface area contributed by atoms with Crippen LogP contribution in [0, 0.1) is 4.51 Å². The van der Waals surface area contributed by atoms with Gasteiger partial charge in [0.2, 0.25) is 10.0 Å². The van der Waals surface area contributed by atoms with Gasteiger partial charge in [-0.15, -0.1) is 0 Å². The summed E-state index contributed by atoms with van der Waals surface area (Å²) in [5.74, 6) is 0. The van der Waals surface area contributed by atoms with Crippen LogP contribution in [0.4, 0.5) is 0 Å². The second-order valence-electron chi connectivity index (χ2n) is 2.04. The van der Waals surface area contributed by atoms with Gasteiger partial charge < -0.3 is 4.98 Å². The number of pyridine rings is 1. The summed E-state index contributed by atoms with van der Waals surface area (Å²) in [6.45, 7) is 0. The number of hydrogen-bond acceptors (Lipinski definition) is 3. The topological polar surface area (TPSA) is 76.0 Å². The summed E-state index contributed by atoms with van der Waals surface area (Å²) < 4.78 is 21.7. The lowest BCUT2D eigenvalue weighted by Crippen LogP contribution is -2.13. The molecule has 0 spiro atoms. The van der Waals surface area contributed by atoms with E-state index in [0.29, 0.717) is 0 Å². The van der Waals surface area contributed by atoms with Crippen molar-refractivity contribution in [3.63, 3.8) is 0 Å². The minimum atomic E-state index is -3.78. The second-order valence-corrected chi connectivity index (χ2v) is 4.39. The standard InChI is InChI=1S/C5H5ClN2O2S2/c6-3-1-8-2-4(5(3)11)12(7,9)10/h1-2H,(H,8,11)(H2,7,9,10). The zero-order valence-corrected chi connectivity index (χ0v) is 8.13. The average molecular weight is 225 g/mol. The van der Waals surface area contributed by atoms with Crippen LogP contribution < -0.4 is 5.14 Å². The van der Waals surface area contributed by atoms with Crippen molar-refractivity contribution in [2.45, 2.75) is 4.90 Å². The molecule has 0 fully saturated rings. The van der Waals surface area contributed by atoms with Crippen LogP contribution in [0.1, 0.15) is 0 Å². The molecule has 7 heteroatoms. The molecule has 0 atom stereocenters. The molecule has 1 rings (SSSR count). The molecular formula is C5H5ClN2O2S2. The number of primary sulfonamides is 1. The van der Waals surface area contributed by atoms with E-state index < -0.39 is 10.0 Å². The summed E-state index contributed by atoms with van der Waals surface area (Å²) in [6, 6.07) is 0. The zero-order valence-electron chi connectivity index (χ0n) is 5.74. The first-order valence-electron chi connectivity index (χ1n) is 2.82. The van der Waals surface area contributed by atoms with E-state index in [4.69, 9.17) is 29.0 Å². The van der Waals surface area contributed by atoms with Crippen LogP contribution in [0.15, 0.2) is 17.3 Å². The Balaban J connectivity index is 3.59. The Morgan fingerprint density at radius 3 is 2.50 bits per heavy atom. The molecular weight excluding hydrogens is 220 g/mol. The van der Waals surface area contributed by atoms with Crippen molar-refractivity contribution in [1.82, 2.24) is 4.98 Å². The van der Waals surface area contributed by atoms with Crippen LogP contribution in [0.25, 0.3) is 0 Å². The Labute approximate surface area is 79.4 Å². The molecule has 0 aliphatic rings. The summed E-state index contributed by atoms with van der Waals surface area (Å²) in [4.78, 5) is 2.36. The van der Waals surface area contributed by atoms with E-state index in [2.05, 4.69) is 4.98 Å². The highest BCUT2D eigenvalue weighted by molar-refractivity contribution is 7.89. The van der Waals surface area contributed by atoms with Gasteiger partial charge in [-0.2, -0.15) is 0 Å². The van der Waals surface area contributed by atoms with E-state index in [1.807, 2.05) is 0 Å². The number of rotatable bonds is 1. The third-order valence-corrected chi connectivity index (χ3v) is 3.09. The van der Waals surface area contributed by atoms with Gasteiger partial charge in [0.05, 0.1) is 9.53 Å². The minimum absolute atomic E-state index is 0.0397. The molecule has 0 unspecified atom stereocenters. The summed E-state index contributed by atoms with van der Waals surface area (Å²) in [5, 5.41) is 5.02. The van der Waals surface area contributed by atoms with Crippen molar-refractivity contribution in [1.29, 1.82) is 0 Å². The predicted molar refractivity (Wildman–Crippen MR) is 48.0 cm³/mol. The average Bonchev–Trinajstić information content (AvgIpc) is 1.92. The molecule has 0 saturated carbocycles. The van der Waals surface area contributed by atoms with Gasteiger partial charge in [-0.05, 0) is 0 Å². The highest BCUT2D eigenvalue weighted by atomic mass is 35.5. The maximum Gasteiger partial charge on any atom is 0.240 e. The molecule has 1 aromatic rings. The highest BCUT2D eigenvalue weighted by Crippen LogP contribution is 2.15. The molecule has 12 heavy (non-hydrogen) atoms. The quantitative estimate of drug-likeness (QED) is 0.700. The Morgan fingerprint density at radius 2 is 2.08 bits per heavy atom. The second kappa shape index (κ2) is 3.14. The van der Waals surface area contributed by atoms with E-state index in [-0.39, 0.29) is 14.4 Å². The fourth-order valence-electron chi connectivity index (χ4n) is 0.651. The molecule has 0 bridgehead atoms. The first-order chi connectivity index (χ1) is 5.43. The van der Waals surface area contributed by atoms with Crippen molar-refractivity contribution in [3.8, 4) is 0 Å². The molecule has 0 radical (unpaired) electrons. The Morgan fingerprint density at radius 1 is 1.50 bits per heavy atom. The van der Waals surface area contributed by atoms with Crippen molar-refractivity contribution in [2.24, 2.45) is 5.14 Å². The van der Waals surface area contributed by atoms with Gasteiger partial charge in [-0.1, -0.05) is 23.8 Å². The van der Waals surface area contributed by atoms with E-state index in [9.17, 15) is 8.42 Å². The number of H-pyrrole nitrogens is 1. The largest absolute Gasteiger partial charge is 0.365 e. The molecule has 3 N–H and O–H groups in total. The van der Waals surface area contributed by atoms with Crippen molar-refractivity contribution in [2.75, 3.05) is 0 Å². The van der Waals surface area contributed by atoms with E-state index in [1.54, 1.807) is 0 Å². The maximum atomic E-state index is 10.8. The summed E-state index contributed by atoms with van der Waals surface area (Å²) in [7, 11) is -3.78. The van der Waals surface area contributed by atoms with Gasteiger partial charge >= 0.3 is 0 Å². The fourth-order valence-corrected chi connectivity index (χ4v) is 1.94. The minimum Gasteiger partial charge on any atom is -0.365 e. The number of halogens is 1. The number of nitrogens with two attached hydrogens (primary N) is 1. The molecule has 0 saturated heterocycles. The predicted octanol–water partition coefficient (Wildman–Crippen LogP) is 1.04. The van der Waals surface area contributed by atoms with Crippen LogP contribution in [0.2, 0.25) is 5.02 Å². The monoisotopic (exact) mass is 224 g/mol. The zero-order chi connectivity index (χ0) is 9.35. The van der Waals surface area contributed by atoms with Crippen LogP contribution in [0.5, 0.6) is 0 Å². The Hall–Kier alpha value is -0.430. The lowest BCUT2D eigenvalue weighted by atomic mass is 10.5. The van der Waals surface area contributed by atoms with Crippen molar-refractivity contribution < 1.29 is 8.42 Å². The lowest BCUT2D eigenvalue weighted by molar-refractivity contribution is 0.597. The SMILES string of the molecule is NS(=O)(=O)c1c[nH]cc(Cl)c1=S. The van der Waals surface area contributed by atoms with Crippen LogP contribution in [0.3, 0.4) is 0 Å². The normalized spacial score (nSPS) is 11.5. The summed E-state index contributed by atoms with van der Waals surface area (Å²) in [6.07, 6.45) is 2.59. The number of aromatic nitrogens is 1. The van der Waals surface area contributed by atoms with Gasteiger partial charge in [0, 0.05) is 12.4 Å². The van der Waals surface area contributed by atoms with E-state index in [0.717, 1.165) is 0 Å². The van der Waals surface area contributed by atoms with Crippen LogP contribution in [-0.4, -0.2) is 13.4 Å². The van der Waals surface area contributed by atoms with Gasteiger partial charge in [0.1, 0.15) is 4.90 Å². The molecule has 4 nitrogen and oxygen atoms in total. The van der Waals surface area contributed by atoms with Gasteiger partial charge in [-0.3, -0.25) is 0 Å². The number of sulfonamides is 1. The molecule has 1 heterocycles. The first-order valence-corrected chi connectivity index (χ1v) is 5.15. The molecule has 0 aliphatic carbocycles. The Bertz CT molecular complexity index is 451. The van der Waals surface area contributed by atoms with Crippen molar-refractivity contribution >= 4 is 33.8 Å². The van der Waals surface area contributed by atoms with Crippen LogP contribution in [-0.2, 0) is 10.0 Å². The Kier molecular flexibility index (Phi) is 2.52. The smallest absolute Gasteiger partial charge is 0.240 e. The number of aromatic amines is 1. The maximum absolute atomic E-state index is 10.8. The fraction of sp³-hybridized carbons (Fsp3) is 0. The van der Waals surface area contributed by atoms with Gasteiger partial charge in [0.25, 0.3) is 0 Å². The third kappa shape index (κ3) is 1.84. The lowest BCUT2D eigenvalue weighted by Gasteiger charge is -1.97. The van der Waals surface area contributed by atoms with Gasteiger partial charge in [0.15, 0.2) is 0 Å².